The maximum Gasteiger partial charge on any atom is 0.289 e. The molecule has 2 heterocycles. The van der Waals surface area contributed by atoms with Crippen molar-refractivity contribution < 1.29 is 9.21 Å². The van der Waals surface area contributed by atoms with Gasteiger partial charge in [0.15, 0.2) is 5.89 Å². The van der Waals surface area contributed by atoms with Crippen LogP contribution in [0.5, 0.6) is 0 Å². The van der Waals surface area contributed by atoms with Crippen molar-refractivity contribution in [2.45, 2.75) is 33.7 Å². The molecule has 0 aliphatic carbocycles. The molecule has 1 atom stereocenters. The van der Waals surface area contributed by atoms with E-state index in [-0.39, 0.29) is 17.7 Å². The van der Waals surface area contributed by atoms with E-state index >= 15 is 0 Å². The van der Waals surface area contributed by atoms with Crippen LogP contribution in [0.15, 0.2) is 22.7 Å². The van der Waals surface area contributed by atoms with E-state index in [1.165, 1.54) is 0 Å². The Morgan fingerprint density at radius 3 is 2.68 bits per heavy atom. The number of hydrogen-bond donors (Lipinski definition) is 1. The number of carbonyl (C=O) groups is 1. The first kappa shape index (κ1) is 13.3. The summed E-state index contributed by atoms with van der Waals surface area (Å²) < 4.78 is 5.30. The summed E-state index contributed by atoms with van der Waals surface area (Å²) in [5.74, 6) is 0.484. The van der Waals surface area contributed by atoms with E-state index < -0.39 is 0 Å². The molecule has 2 aromatic rings. The topological polar surface area (TPSA) is 68.0 Å². The quantitative estimate of drug-likeness (QED) is 0.919. The monoisotopic (exact) mass is 259 g/mol. The largest absolute Gasteiger partial charge is 0.436 e. The molecular formula is C14H17N3O2. The van der Waals surface area contributed by atoms with Crippen molar-refractivity contribution in [2.24, 2.45) is 0 Å². The molecule has 2 rings (SSSR count). The van der Waals surface area contributed by atoms with Crippen molar-refractivity contribution in [1.82, 2.24) is 15.3 Å². The number of carbonyl (C=O) groups excluding carboxylic acids is 1. The third kappa shape index (κ3) is 2.81. The first-order valence-corrected chi connectivity index (χ1v) is 6.15. The van der Waals surface area contributed by atoms with Gasteiger partial charge in [-0.25, -0.2) is 4.98 Å². The molecule has 19 heavy (non-hydrogen) atoms. The van der Waals surface area contributed by atoms with Crippen LogP contribution in [-0.2, 0) is 0 Å². The van der Waals surface area contributed by atoms with Crippen molar-refractivity contribution in [2.75, 3.05) is 0 Å². The summed E-state index contributed by atoms with van der Waals surface area (Å²) in [4.78, 5) is 20.5. The fourth-order valence-electron chi connectivity index (χ4n) is 2.02. The molecule has 0 saturated heterocycles. The highest BCUT2D eigenvalue weighted by Gasteiger charge is 2.19. The highest BCUT2D eigenvalue weighted by Crippen LogP contribution is 2.16. The molecule has 0 fully saturated rings. The predicted octanol–water partition coefficient (Wildman–Crippen LogP) is 2.49. The second-order valence-corrected chi connectivity index (χ2v) is 4.55. The van der Waals surface area contributed by atoms with Gasteiger partial charge in [-0.3, -0.25) is 9.78 Å². The molecule has 0 bridgehead atoms. The van der Waals surface area contributed by atoms with Gasteiger partial charge < -0.3 is 9.73 Å². The molecule has 0 aliphatic heterocycles. The predicted molar refractivity (Wildman–Crippen MR) is 70.8 cm³/mol. The lowest BCUT2D eigenvalue weighted by atomic mass is 10.1. The number of nitrogens with one attached hydrogen (secondary N) is 1. The molecule has 1 amide bonds. The number of nitrogens with zero attached hydrogens (tertiary/aromatic N) is 2. The van der Waals surface area contributed by atoms with Crippen LogP contribution in [0.2, 0.25) is 0 Å². The van der Waals surface area contributed by atoms with Crippen LogP contribution in [0, 0.1) is 20.8 Å². The van der Waals surface area contributed by atoms with Gasteiger partial charge in [-0.05, 0) is 32.4 Å². The third-order valence-electron chi connectivity index (χ3n) is 2.92. The molecule has 0 aliphatic rings. The van der Waals surface area contributed by atoms with Gasteiger partial charge in [0.05, 0.1) is 17.4 Å². The minimum atomic E-state index is -0.268. The summed E-state index contributed by atoms with van der Waals surface area (Å²) in [6.07, 6.45) is 1.72. The van der Waals surface area contributed by atoms with Crippen molar-refractivity contribution in [3.05, 3.63) is 46.9 Å². The van der Waals surface area contributed by atoms with Gasteiger partial charge >= 0.3 is 0 Å². The van der Waals surface area contributed by atoms with E-state index in [1.807, 2.05) is 26.0 Å². The Kier molecular flexibility index (Phi) is 3.64. The average molecular weight is 259 g/mol. The van der Waals surface area contributed by atoms with Crippen LogP contribution >= 0.6 is 0 Å². The number of rotatable bonds is 3. The number of oxazole rings is 1. The zero-order valence-corrected chi connectivity index (χ0v) is 11.5. The van der Waals surface area contributed by atoms with Gasteiger partial charge in [0.2, 0.25) is 5.76 Å². The zero-order chi connectivity index (χ0) is 14.0. The van der Waals surface area contributed by atoms with E-state index in [1.54, 1.807) is 20.0 Å². The Labute approximate surface area is 112 Å². The second-order valence-electron chi connectivity index (χ2n) is 4.55. The first-order valence-electron chi connectivity index (χ1n) is 6.15. The fraction of sp³-hybridized carbons (Fsp3) is 0.357. The standard InChI is InChI=1S/C14H17N3O2/c1-8-6-5-7-15-12(8)9(2)17-14(18)13-10(3)16-11(4)19-13/h5-7,9H,1-4H3,(H,17,18)/t9-/m0/s1. The van der Waals surface area contributed by atoms with Crippen LogP contribution in [-0.4, -0.2) is 15.9 Å². The van der Waals surface area contributed by atoms with Crippen LogP contribution < -0.4 is 5.32 Å². The van der Waals surface area contributed by atoms with E-state index in [2.05, 4.69) is 15.3 Å². The number of amides is 1. The van der Waals surface area contributed by atoms with Gasteiger partial charge in [0, 0.05) is 13.1 Å². The van der Waals surface area contributed by atoms with Crippen molar-refractivity contribution in [3.63, 3.8) is 0 Å². The maximum absolute atomic E-state index is 12.1. The van der Waals surface area contributed by atoms with Crippen LogP contribution in [0.4, 0.5) is 0 Å². The Morgan fingerprint density at radius 1 is 1.37 bits per heavy atom. The van der Waals surface area contributed by atoms with Crippen LogP contribution in [0.25, 0.3) is 0 Å². The molecule has 1 N–H and O–H groups in total. The Morgan fingerprint density at radius 2 is 2.11 bits per heavy atom. The maximum atomic E-state index is 12.1. The van der Waals surface area contributed by atoms with Crippen molar-refractivity contribution in [3.8, 4) is 0 Å². The van der Waals surface area contributed by atoms with E-state index in [0.717, 1.165) is 11.3 Å². The zero-order valence-electron chi connectivity index (χ0n) is 11.5. The fourth-order valence-corrected chi connectivity index (χ4v) is 2.02. The molecule has 2 aromatic heterocycles. The van der Waals surface area contributed by atoms with Crippen LogP contribution in [0.1, 0.15) is 46.4 Å². The van der Waals surface area contributed by atoms with Gasteiger partial charge in [0.1, 0.15) is 0 Å². The molecule has 0 aromatic carbocycles. The summed E-state index contributed by atoms with van der Waals surface area (Å²) >= 11 is 0. The number of aromatic nitrogens is 2. The molecule has 5 nitrogen and oxygen atoms in total. The normalized spacial score (nSPS) is 12.2. The minimum Gasteiger partial charge on any atom is -0.436 e. The average Bonchev–Trinajstić information content (AvgIpc) is 2.69. The number of pyridine rings is 1. The smallest absolute Gasteiger partial charge is 0.289 e. The lowest BCUT2D eigenvalue weighted by Gasteiger charge is -2.14. The Balaban J connectivity index is 2.15. The molecule has 0 spiro atoms. The van der Waals surface area contributed by atoms with Gasteiger partial charge in [-0.1, -0.05) is 6.07 Å². The van der Waals surface area contributed by atoms with Gasteiger partial charge in [-0.2, -0.15) is 0 Å². The highest BCUT2D eigenvalue weighted by atomic mass is 16.4. The van der Waals surface area contributed by atoms with E-state index in [9.17, 15) is 4.79 Å². The van der Waals surface area contributed by atoms with Crippen molar-refractivity contribution >= 4 is 5.91 Å². The molecule has 0 radical (unpaired) electrons. The molecule has 0 unspecified atom stereocenters. The van der Waals surface area contributed by atoms with E-state index in [0.29, 0.717) is 11.6 Å². The molecule has 100 valence electrons. The molecule has 5 heteroatoms. The first-order chi connectivity index (χ1) is 8.99. The summed E-state index contributed by atoms with van der Waals surface area (Å²) in [6, 6.07) is 3.66. The summed E-state index contributed by atoms with van der Waals surface area (Å²) in [7, 11) is 0. The molecule has 0 saturated carbocycles. The van der Waals surface area contributed by atoms with Crippen LogP contribution in [0.3, 0.4) is 0 Å². The van der Waals surface area contributed by atoms with E-state index in [4.69, 9.17) is 4.42 Å². The SMILES string of the molecule is Cc1nc(C)c(C(=O)N[C@@H](C)c2ncccc2C)o1. The highest BCUT2D eigenvalue weighted by molar-refractivity contribution is 5.92. The summed E-state index contributed by atoms with van der Waals surface area (Å²) in [5, 5.41) is 2.87. The minimum absolute atomic E-state index is 0.182. The number of hydrogen-bond acceptors (Lipinski definition) is 4. The van der Waals surface area contributed by atoms with Gasteiger partial charge in [0.25, 0.3) is 5.91 Å². The Bertz CT molecular complexity index is 604. The second kappa shape index (κ2) is 5.22. The third-order valence-corrected chi connectivity index (χ3v) is 2.92. The van der Waals surface area contributed by atoms with Crippen molar-refractivity contribution in [1.29, 1.82) is 0 Å². The summed E-state index contributed by atoms with van der Waals surface area (Å²) in [6.45, 7) is 7.33. The lowest BCUT2D eigenvalue weighted by Crippen LogP contribution is -2.28. The number of aryl methyl sites for hydroxylation is 3. The van der Waals surface area contributed by atoms with Gasteiger partial charge in [-0.15, -0.1) is 0 Å². The summed E-state index contributed by atoms with van der Waals surface area (Å²) in [5.41, 5.74) is 2.49. The molecular weight excluding hydrogens is 242 g/mol. The lowest BCUT2D eigenvalue weighted by molar-refractivity contribution is 0.0909. The Hall–Kier alpha value is -2.17.